The zero-order chi connectivity index (χ0) is 18.7. The Bertz CT molecular complexity index is 908. The van der Waals surface area contributed by atoms with Crippen LogP contribution in [0.3, 0.4) is 0 Å². The van der Waals surface area contributed by atoms with Crippen LogP contribution in [0.25, 0.3) is 11.0 Å². The van der Waals surface area contributed by atoms with Gasteiger partial charge in [-0.2, -0.15) is 0 Å². The molecule has 0 saturated heterocycles. The van der Waals surface area contributed by atoms with Crippen LogP contribution in [0, 0.1) is 3.57 Å². The molecule has 8 heteroatoms. The Hall–Kier alpha value is -1.65. The molecule has 0 radical (unpaired) electrons. The lowest BCUT2D eigenvalue weighted by Gasteiger charge is -2.15. The summed E-state index contributed by atoms with van der Waals surface area (Å²) in [5.41, 5.74) is 7.28. The number of fused-ring (bicyclic) bond motifs is 1. The first-order chi connectivity index (χ1) is 12.3. The molecule has 0 atom stereocenters. The van der Waals surface area contributed by atoms with E-state index < -0.39 is 8.07 Å². The molecular formula is C18H23IN4O2Si. The van der Waals surface area contributed by atoms with E-state index in [1.54, 1.807) is 6.07 Å². The van der Waals surface area contributed by atoms with Crippen LogP contribution in [-0.4, -0.2) is 29.2 Å². The van der Waals surface area contributed by atoms with Crippen LogP contribution in [0.15, 0.2) is 36.8 Å². The first kappa shape index (κ1) is 19.1. The van der Waals surface area contributed by atoms with E-state index in [9.17, 15) is 0 Å². The minimum atomic E-state index is -1.09. The molecule has 0 aliphatic carbocycles. The summed E-state index contributed by atoms with van der Waals surface area (Å²) in [5.74, 6) is 1.17. The fourth-order valence-electron chi connectivity index (χ4n) is 2.46. The quantitative estimate of drug-likeness (QED) is 0.228. The van der Waals surface area contributed by atoms with Crippen LogP contribution in [0.2, 0.25) is 25.7 Å². The summed E-state index contributed by atoms with van der Waals surface area (Å²) in [5, 5.41) is 0.879. The van der Waals surface area contributed by atoms with Gasteiger partial charge in [-0.1, -0.05) is 25.7 Å². The molecule has 3 aromatic rings. The molecule has 0 aliphatic rings. The van der Waals surface area contributed by atoms with E-state index in [2.05, 4.69) is 52.2 Å². The van der Waals surface area contributed by atoms with Crippen LogP contribution in [0.1, 0.15) is 0 Å². The Morgan fingerprint density at radius 3 is 2.77 bits per heavy atom. The van der Waals surface area contributed by atoms with E-state index in [0.29, 0.717) is 24.0 Å². The zero-order valence-corrected chi connectivity index (χ0v) is 18.4. The fourth-order valence-corrected chi connectivity index (χ4v) is 4.02. The van der Waals surface area contributed by atoms with Crippen molar-refractivity contribution in [1.29, 1.82) is 0 Å². The molecule has 0 saturated carbocycles. The molecule has 0 unspecified atom stereocenters. The highest BCUT2D eigenvalue weighted by atomic mass is 127. The Balaban J connectivity index is 1.81. The highest BCUT2D eigenvalue weighted by molar-refractivity contribution is 14.1. The number of ether oxygens (including phenoxy) is 2. The van der Waals surface area contributed by atoms with Gasteiger partial charge in [-0.3, -0.25) is 0 Å². The van der Waals surface area contributed by atoms with E-state index in [1.165, 1.54) is 6.33 Å². The monoisotopic (exact) mass is 482 g/mol. The number of rotatable bonds is 7. The molecule has 0 amide bonds. The largest absolute Gasteiger partial charge is 0.438 e. The second-order valence-corrected chi connectivity index (χ2v) is 14.1. The average molecular weight is 482 g/mol. The minimum Gasteiger partial charge on any atom is -0.438 e. The summed E-state index contributed by atoms with van der Waals surface area (Å²) in [7, 11) is -1.09. The summed E-state index contributed by atoms with van der Waals surface area (Å²) in [4.78, 5) is 8.73. The minimum absolute atomic E-state index is 0.471. The lowest BCUT2D eigenvalue weighted by atomic mass is 10.3. The number of nitrogen functional groups attached to an aromatic ring is 1. The van der Waals surface area contributed by atoms with Gasteiger partial charge in [0.05, 0.1) is 5.39 Å². The predicted molar refractivity (Wildman–Crippen MR) is 115 cm³/mol. The van der Waals surface area contributed by atoms with Gasteiger partial charge in [-0.25, -0.2) is 9.97 Å². The maximum absolute atomic E-state index is 5.95. The third-order valence-corrected chi connectivity index (χ3v) is 6.39. The van der Waals surface area contributed by atoms with Crippen molar-refractivity contribution in [3.63, 3.8) is 0 Å². The Kier molecular flexibility index (Phi) is 5.83. The van der Waals surface area contributed by atoms with Crippen molar-refractivity contribution in [2.45, 2.75) is 32.4 Å². The normalized spacial score (nSPS) is 11.8. The molecule has 26 heavy (non-hydrogen) atoms. The second-order valence-electron chi connectivity index (χ2n) is 7.35. The molecule has 2 aromatic heterocycles. The van der Waals surface area contributed by atoms with Gasteiger partial charge >= 0.3 is 0 Å². The number of hydrogen-bond acceptors (Lipinski definition) is 5. The van der Waals surface area contributed by atoms with Gasteiger partial charge in [-0.05, 0) is 40.8 Å². The van der Waals surface area contributed by atoms with Gasteiger partial charge in [0.2, 0.25) is 5.88 Å². The number of benzene rings is 1. The van der Waals surface area contributed by atoms with Crippen molar-refractivity contribution >= 4 is 47.4 Å². The average Bonchev–Trinajstić information content (AvgIpc) is 2.88. The third kappa shape index (κ3) is 4.74. The molecule has 2 N–H and O–H groups in total. The van der Waals surface area contributed by atoms with E-state index >= 15 is 0 Å². The molecule has 6 nitrogen and oxygen atoms in total. The molecule has 0 aliphatic heterocycles. The van der Waals surface area contributed by atoms with Crippen molar-refractivity contribution in [3.8, 4) is 11.6 Å². The number of anilines is 1. The van der Waals surface area contributed by atoms with Crippen LogP contribution in [-0.2, 0) is 11.5 Å². The van der Waals surface area contributed by atoms with Crippen LogP contribution in [0.4, 0.5) is 5.69 Å². The third-order valence-electron chi connectivity index (χ3n) is 3.87. The SMILES string of the molecule is C[Si](C)(C)CCOCn1cc(I)c2c(Oc3cccc(N)c3)ncnc21. The number of hydrogen-bond donors (Lipinski definition) is 1. The van der Waals surface area contributed by atoms with Gasteiger partial charge < -0.3 is 19.8 Å². The summed E-state index contributed by atoms with van der Waals surface area (Å²) in [6, 6.07) is 8.44. The Labute approximate surface area is 167 Å². The van der Waals surface area contributed by atoms with Crippen LogP contribution >= 0.6 is 22.6 Å². The highest BCUT2D eigenvalue weighted by Crippen LogP contribution is 2.32. The van der Waals surface area contributed by atoms with Crippen molar-refractivity contribution < 1.29 is 9.47 Å². The number of nitrogens with two attached hydrogens (primary N) is 1. The van der Waals surface area contributed by atoms with E-state index in [-0.39, 0.29) is 0 Å². The number of halogens is 1. The molecule has 2 heterocycles. The summed E-state index contributed by atoms with van der Waals surface area (Å²) in [6.45, 7) is 8.27. The van der Waals surface area contributed by atoms with E-state index in [4.69, 9.17) is 15.2 Å². The predicted octanol–water partition coefficient (Wildman–Crippen LogP) is 4.72. The maximum Gasteiger partial charge on any atom is 0.232 e. The smallest absolute Gasteiger partial charge is 0.232 e. The molecule has 0 bridgehead atoms. The summed E-state index contributed by atoms with van der Waals surface area (Å²) in [6.07, 6.45) is 3.53. The Morgan fingerprint density at radius 1 is 1.23 bits per heavy atom. The maximum atomic E-state index is 5.95. The van der Waals surface area contributed by atoms with Gasteiger partial charge in [0, 0.05) is 36.2 Å². The van der Waals surface area contributed by atoms with E-state index in [1.807, 2.05) is 29.0 Å². The molecule has 1 aromatic carbocycles. The Morgan fingerprint density at radius 2 is 2.04 bits per heavy atom. The standard InChI is InChI=1S/C18H23IN4O2Si/c1-26(2,3)8-7-24-12-23-10-15(19)16-17(23)21-11-22-18(16)25-14-6-4-5-13(20)9-14/h4-6,9-11H,7-8,12,20H2,1-3H3. The first-order valence-corrected chi connectivity index (χ1v) is 13.2. The van der Waals surface area contributed by atoms with Crippen molar-refractivity contribution in [2.75, 3.05) is 12.3 Å². The van der Waals surface area contributed by atoms with Gasteiger partial charge in [0.15, 0.2) is 0 Å². The summed E-state index contributed by atoms with van der Waals surface area (Å²) >= 11 is 2.27. The van der Waals surface area contributed by atoms with Crippen LogP contribution in [0.5, 0.6) is 11.6 Å². The topological polar surface area (TPSA) is 75.2 Å². The zero-order valence-electron chi connectivity index (χ0n) is 15.2. The lowest BCUT2D eigenvalue weighted by molar-refractivity contribution is 0.0898. The number of nitrogens with zero attached hydrogens (tertiary/aromatic N) is 3. The van der Waals surface area contributed by atoms with Gasteiger partial charge in [0.1, 0.15) is 24.5 Å². The molecule has 138 valence electrons. The molecule has 0 fully saturated rings. The van der Waals surface area contributed by atoms with Crippen molar-refractivity contribution in [1.82, 2.24) is 14.5 Å². The van der Waals surface area contributed by atoms with Crippen molar-refractivity contribution in [3.05, 3.63) is 40.4 Å². The highest BCUT2D eigenvalue weighted by Gasteiger charge is 2.16. The molecule has 3 rings (SSSR count). The summed E-state index contributed by atoms with van der Waals surface area (Å²) < 4.78 is 14.8. The lowest BCUT2D eigenvalue weighted by Crippen LogP contribution is -2.22. The van der Waals surface area contributed by atoms with Crippen LogP contribution < -0.4 is 10.5 Å². The van der Waals surface area contributed by atoms with E-state index in [0.717, 1.165) is 27.3 Å². The second kappa shape index (κ2) is 7.93. The molecule has 0 spiro atoms. The van der Waals surface area contributed by atoms with Gasteiger partial charge in [0.25, 0.3) is 0 Å². The molecular weight excluding hydrogens is 459 g/mol. The van der Waals surface area contributed by atoms with Crippen molar-refractivity contribution in [2.24, 2.45) is 0 Å². The fraction of sp³-hybridized carbons (Fsp3) is 0.333. The van der Waals surface area contributed by atoms with Gasteiger partial charge in [-0.15, -0.1) is 0 Å². The first-order valence-electron chi connectivity index (χ1n) is 8.44. The number of aromatic nitrogens is 3.